The SMILES string of the molecule is CCOC(=O)C[C@H](S)C(C)=O. The molecule has 0 saturated carbocycles. The summed E-state index contributed by atoms with van der Waals surface area (Å²) in [5.41, 5.74) is 0. The molecular formula is C7H12O3S. The van der Waals surface area contributed by atoms with E-state index >= 15 is 0 Å². The average Bonchev–Trinajstić information content (AvgIpc) is 1.87. The first-order valence-electron chi connectivity index (χ1n) is 3.42. The van der Waals surface area contributed by atoms with Crippen LogP contribution in [0.4, 0.5) is 0 Å². The van der Waals surface area contributed by atoms with Gasteiger partial charge in [0.25, 0.3) is 0 Å². The van der Waals surface area contributed by atoms with Crippen LogP contribution < -0.4 is 0 Å². The number of rotatable bonds is 4. The van der Waals surface area contributed by atoms with Gasteiger partial charge in [0, 0.05) is 0 Å². The van der Waals surface area contributed by atoms with Gasteiger partial charge in [0.1, 0.15) is 5.78 Å². The molecule has 0 aliphatic rings. The lowest BCUT2D eigenvalue weighted by Crippen LogP contribution is -2.17. The van der Waals surface area contributed by atoms with Crippen LogP contribution in [0.5, 0.6) is 0 Å². The van der Waals surface area contributed by atoms with Crippen LogP contribution in [-0.2, 0) is 14.3 Å². The van der Waals surface area contributed by atoms with E-state index in [1.807, 2.05) is 0 Å². The summed E-state index contributed by atoms with van der Waals surface area (Å²) in [5.74, 6) is -0.482. The number of carbonyl (C=O) groups is 2. The molecule has 3 nitrogen and oxygen atoms in total. The van der Waals surface area contributed by atoms with E-state index < -0.39 is 5.25 Å². The third kappa shape index (κ3) is 4.84. The number of hydrogen-bond donors (Lipinski definition) is 1. The summed E-state index contributed by atoms with van der Waals surface area (Å²) < 4.78 is 4.62. The zero-order chi connectivity index (χ0) is 8.85. The summed E-state index contributed by atoms with van der Waals surface area (Å²) in [5, 5.41) is -0.519. The van der Waals surface area contributed by atoms with Gasteiger partial charge in [0.2, 0.25) is 0 Å². The molecule has 0 rings (SSSR count). The normalized spacial score (nSPS) is 12.3. The maximum Gasteiger partial charge on any atom is 0.307 e. The van der Waals surface area contributed by atoms with Crippen LogP contribution in [0.3, 0.4) is 0 Å². The summed E-state index contributed by atoms with van der Waals surface area (Å²) in [4.78, 5) is 21.3. The number of Topliss-reactive ketones (excluding diaryl/α,β-unsaturated/α-hetero) is 1. The monoisotopic (exact) mass is 176 g/mol. The molecule has 0 aromatic rings. The molecule has 0 aliphatic heterocycles. The lowest BCUT2D eigenvalue weighted by molar-refractivity contribution is -0.143. The smallest absolute Gasteiger partial charge is 0.307 e. The van der Waals surface area contributed by atoms with Gasteiger partial charge >= 0.3 is 5.97 Å². The van der Waals surface area contributed by atoms with E-state index in [0.29, 0.717) is 6.61 Å². The molecule has 4 heteroatoms. The van der Waals surface area contributed by atoms with E-state index in [-0.39, 0.29) is 18.2 Å². The second-order valence-corrected chi connectivity index (χ2v) is 2.76. The third-order valence-corrected chi connectivity index (χ3v) is 1.68. The quantitative estimate of drug-likeness (QED) is 0.509. The molecule has 0 amide bonds. The van der Waals surface area contributed by atoms with Crippen molar-refractivity contribution in [2.24, 2.45) is 0 Å². The molecule has 0 aromatic carbocycles. The Bertz CT molecular complexity index is 156. The molecule has 0 fully saturated rings. The molecule has 0 bridgehead atoms. The molecule has 0 saturated heterocycles. The number of thiol groups is 1. The maximum atomic E-state index is 10.7. The Labute approximate surface area is 71.5 Å². The molecule has 64 valence electrons. The Hall–Kier alpha value is -0.510. The van der Waals surface area contributed by atoms with Crippen molar-refractivity contribution in [3.63, 3.8) is 0 Å². The minimum absolute atomic E-state index is 0.0618. The molecule has 0 aromatic heterocycles. The largest absolute Gasteiger partial charge is 0.466 e. The second kappa shape index (κ2) is 5.18. The van der Waals surface area contributed by atoms with Gasteiger partial charge in [-0.25, -0.2) is 0 Å². The summed E-state index contributed by atoms with van der Waals surface area (Å²) in [6, 6.07) is 0. The van der Waals surface area contributed by atoms with Crippen LogP contribution >= 0.6 is 12.6 Å². The second-order valence-electron chi connectivity index (χ2n) is 2.14. The van der Waals surface area contributed by atoms with E-state index in [1.54, 1.807) is 6.92 Å². The number of ketones is 1. The molecule has 0 radical (unpaired) electrons. The number of ether oxygens (including phenoxy) is 1. The summed E-state index contributed by atoms with van der Waals surface area (Å²) >= 11 is 3.91. The summed E-state index contributed by atoms with van der Waals surface area (Å²) in [7, 11) is 0. The van der Waals surface area contributed by atoms with Gasteiger partial charge in [0.05, 0.1) is 18.3 Å². The van der Waals surface area contributed by atoms with Gasteiger partial charge in [-0.2, -0.15) is 12.6 Å². The zero-order valence-corrected chi connectivity index (χ0v) is 7.56. The van der Waals surface area contributed by atoms with E-state index in [4.69, 9.17) is 0 Å². The number of esters is 1. The fraction of sp³-hybridized carbons (Fsp3) is 0.714. The van der Waals surface area contributed by atoms with Crippen LogP contribution in [0.15, 0.2) is 0 Å². The molecule has 0 heterocycles. The highest BCUT2D eigenvalue weighted by molar-refractivity contribution is 7.81. The molecule has 0 unspecified atom stereocenters. The van der Waals surface area contributed by atoms with E-state index in [1.165, 1.54) is 6.92 Å². The lowest BCUT2D eigenvalue weighted by Gasteiger charge is -2.04. The van der Waals surface area contributed by atoms with Crippen molar-refractivity contribution in [1.29, 1.82) is 0 Å². The molecular weight excluding hydrogens is 164 g/mol. The van der Waals surface area contributed by atoms with Crippen molar-refractivity contribution in [2.75, 3.05) is 6.61 Å². The highest BCUT2D eigenvalue weighted by Gasteiger charge is 2.13. The van der Waals surface area contributed by atoms with Crippen LogP contribution in [0, 0.1) is 0 Å². The lowest BCUT2D eigenvalue weighted by atomic mass is 10.2. The first kappa shape index (κ1) is 10.5. The first-order chi connectivity index (χ1) is 5.07. The molecule has 1 atom stereocenters. The van der Waals surface area contributed by atoms with E-state index in [2.05, 4.69) is 17.4 Å². The molecule has 0 spiro atoms. The Morgan fingerprint density at radius 3 is 2.45 bits per heavy atom. The van der Waals surface area contributed by atoms with Gasteiger partial charge in [-0.05, 0) is 13.8 Å². The highest BCUT2D eigenvalue weighted by Crippen LogP contribution is 2.03. The van der Waals surface area contributed by atoms with E-state index in [0.717, 1.165) is 0 Å². The van der Waals surface area contributed by atoms with Crippen molar-refractivity contribution < 1.29 is 14.3 Å². The summed E-state index contributed by atoms with van der Waals surface area (Å²) in [6.45, 7) is 3.47. The predicted molar refractivity (Wildman–Crippen MR) is 44.7 cm³/mol. The Kier molecular flexibility index (Phi) is 4.94. The Morgan fingerprint density at radius 1 is 1.55 bits per heavy atom. The van der Waals surface area contributed by atoms with Crippen molar-refractivity contribution in [3.8, 4) is 0 Å². The van der Waals surface area contributed by atoms with Gasteiger partial charge in [-0.15, -0.1) is 0 Å². The molecule has 0 aliphatic carbocycles. The maximum absolute atomic E-state index is 10.7. The Balaban J connectivity index is 3.66. The van der Waals surface area contributed by atoms with Gasteiger partial charge < -0.3 is 4.74 Å². The minimum atomic E-state index is -0.519. The van der Waals surface area contributed by atoms with Crippen molar-refractivity contribution in [1.82, 2.24) is 0 Å². The molecule has 0 N–H and O–H groups in total. The van der Waals surface area contributed by atoms with Crippen LogP contribution in [0.25, 0.3) is 0 Å². The van der Waals surface area contributed by atoms with Crippen molar-refractivity contribution >= 4 is 24.4 Å². The Morgan fingerprint density at radius 2 is 2.09 bits per heavy atom. The predicted octanol–water partition coefficient (Wildman–Crippen LogP) is 0.827. The highest BCUT2D eigenvalue weighted by atomic mass is 32.1. The number of hydrogen-bond acceptors (Lipinski definition) is 4. The zero-order valence-electron chi connectivity index (χ0n) is 6.66. The first-order valence-corrected chi connectivity index (χ1v) is 3.93. The minimum Gasteiger partial charge on any atom is -0.466 e. The van der Waals surface area contributed by atoms with Crippen LogP contribution in [0.1, 0.15) is 20.3 Å². The van der Waals surface area contributed by atoms with Crippen molar-refractivity contribution in [3.05, 3.63) is 0 Å². The molecule has 11 heavy (non-hydrogen) atoms. The van der Waals surface area contributed by atoms with Gasteiger partial charge in [-0.1, -0.05) is 0 Å². The van der Waals surface area contributed by atoms with Gasteiger partial charge in [0.15, 0.2) is 0 Å². The standard InChI is InChI=1S/C7H12O3S/c1-3-10-7(9)4-6(11)5(2)8/h6,11H,3-4H2,1-2H3/t6-/m0/s1. The fourth-order valence-electron chi connectivity index (χ4n) is 0.522. The summed E-state index contributed by atoms with van der Waals surface area (Å²) in [6.07, 6.45) is 0.0618. The fourth-order valence-corrected chi connectivity index (χ4v) is 0.671. The number of carbonyl (C=O) groups excluding carboxylic acids is 2. The van der Waals surface area contributed by atoms with E-state index in [9.17, 15) is 9.59 Å². The van der Waals surface area contributed by atoms with Crippen LogP contribution in [-0.4, -0.2) is 23.6 Å². The van der Waals surface area contributed by atoms with Gasteiger partial charge in [-0.3, -0.25) is 9.59 Å². The van der Waals surface area contributed by atoms with Crippen LogP contribution in [0.2, 0.25) is 0 Å². The van der Waals surface area contributed by atoms with Crippen molar-refractivity contribution in [2.45, 2.75) is 25.5 Å². The topological polar surface area (TPSA) is 43.4 Å². The average molecular weight is 176 g/mol. The third-order valence-electron chi connectivity index (χ3n) is 1.13.